The van der Waals surface area contributed by atoms with Gasteiger partial charge in [0.15, 0.2) is 0 Å². The number of nitrogens with zero attached hydrogens (tertiary/aromatic N) is 2. The summed E-state index contributed by atoms with van der Waals surface area (Å²) in [6, 6.07) is 10.3. The molecule has 3 nitrogen and oxygen atoms in total. The number of rotatable bonds is 1. The fraction of sp³-hybridized carbons (Fsp3) is 0.438. The number of piperidine rings is 3. The van der Waals surface area contributed by atoms with E-state index >= 15 is 0 Å². The lowest BCUT2D eigenvalue weighted by molar-refractivity contribution is 0.0556. The number of aromatic nitrogens is 1. The summed E-state index contributed by atoms with van der Waals surface area (Å²) < 4.78 is 1.98. The highest BCUT2D eigenvalue weighted by Gasteiger charge is 2.35. The molecule has 2 bridgehead atoms. The van der Waals surface area contributed by atoms with Gasteiger partial charge in [-0.3, -0.25) is 4.79 Å². The second kappa shape index (κ2) is 4.20. The Kier molecular flexibility index (Phi) is 2.49. The molecule has 1 atom stereocenters. The Morgan fingerprint density at radius 3 is 2.58 bits per heavy atom. The molecule has 3 saturated heterocycles. The summed E-state index contributed by atoms with van der Waals surface area (Å²) in [5, 5.41) is 1.89. The molecule has 3 aliphatic heterocycles. The van der Waals surface area contributed by atoms with Gasteiger partial charge < -0.3 is 9.47 Å². The van der Waals surface area contributed by atoms with Crippen molar-refractivity contribution in [2.75, 3.05) is 19.6 Å². The largest absolute Gasteiger partial charge is 0.310 e. The van der Waals surface area contributed by atoms with Crippen LogP contribution in [-0.4, -0.2) is 29.1 Å². The second-order valence-electron chi connectivity index (χ2n) is 5.82. The molecule has 2 aromatic rings. The van der Waals surface area contributed by atoms with E-state index in [9.17, 15) is 4.79 Å². The zero-order valence-corrected chi connectivity index (χ0v) is 11.0. The topological polar surface area (TPSA) is 25.2 Å². The predicted octanol–water partition coefficient (Wildman–Crippen LogP) is 2.27. The van der Waals surface area contributed by atoms with Gasteiger partial charge in [-0.15, -0.1) is 0 Å². The molecule has 0 radical (unpaired) electrons. The minimum atomic E-state index is 0.178. The lowest BCUT2D eigenvalue weighted by atomic mass is 9.84. The summed E-state index contributed by atoms with van der Waals surface area (Å²) >= 11 is 0. The molecule has 0 aliphatic carbocycles. The second-order valence-corrected chi connectivity index (χ2v) is 5.82. The predicted molar refractivity (Wildman–Crippen MR) is 76.4 cm³/mol. The maximum absolute atomic E-state index is 12.6. The van der Waals surface area contributed by atoms with Crippen LogP contribution in [0.25, 0.3) is 10.8 Å². The zero-order chi connectivity index (χ0) is 12.8. The van der Waals surface area contributed by atoms with Gasteiger partial charge in [0.25, 0.3) is 5.56 Å². The van der Waals surface area contributed by atoms with Crippen LogP contribution in [0.3, 0.4) is 0 Å². The molecule has 3 fully saturated rings. The minimum absolute atomic E-state index is 0.178. The number of fused-ring (bicyclic) bond motifs is 4. The quantitative estimate of drug-likeness (QED) is 0.780. The van der Waals surface area contributed by atoms with Crippen LogP contribution in [0.1, 0.15) is 18.9 Å². The normalized spacial score (nSPS) is 29.8. The molecule has 1 aromatic heterocycles. The Morgan fingerprint density at radius 1 is 1.05 bits per heavy atom. The number of hydrogen-bond acceptors (Lipinski definition) is 2. The van der Waals surface area contributed by atoms with Crippen LogP contribution in [0.15, 0.2) is 41.3 Å². The van der Waals surface area contributed by atoms with E-state index in [2.05, 4.69) is 11.0 Å². The maximum atomic E-state index is 12.6. The third kappa shape index (κ3) is 1.72. The first-order valence-electron chi connectivity index (χ1n) is 7.15. The van der Waals surface area contributed by atoms with Crippen LogP contribution in [0.4, 0.5) is 0 Å². The molecule has 4 heterocycles. The van der Waals surface area contributed by atoms with Gasteiger partial charge in [-0.05, 0) is 49.4 Å². The average molecular weight is 254 g/mol. The summed E-state index contributed by atoms with van der Waals surface area (Å²) in [6.07, 6.45) is 4.48. The van der Waals surface area contributed by atoms with E-state index in [1.54, 1.807) is 0 Å². The molecule has 3 aliphatic rings. The van der Waals surface area contributed by atoms with Crippen LogP contribution in [0.2, 0.25) is 0 Å². The van der Waals surface area contributed by atoms with Crippen molar-refractivity contribution in [3.63, 3.8) is 0 Å². The van der Waals surface area contributed by atoms with E-state index < -0.39 is 0 Å². The molecule has 3 heteroatoms. The van der Waals surface area contributed by atoms with Crippen molar-refractivity contribution in [3.05, 3.63) is 46.9 Å². The van der Waals surface area contributed by atoms with Gasteiger partial charge in [0.2, 0.25) is 0 Å². The van der Waals surface area contributed by atoms with Crippen LogP contribution >= 0.6 is 0 Å². The van der Waals surface area contributed by atoms with E-state index in [1.807, 2.05) is 35.0 Å². The van der Waals surface area contributed by atoms with Crippen molar-refractivity contribution in [2.45, 2.75) is 18.9 Å². The Bertz CT molecular complexity index is 668. The van der Waals surface area contributed by atoms with Crippen LogP contribution in [0, 0.1) is 5.92 Å². The standard InChI is InChI=1S/C16H18N2O/c19-16-14-4-2-1-3-12(14)7-10-18(16)15-11-17-8-5-13(15)6-9-17/h1-4,7,10,13,15H,5-6,8-9,11H2/t15-/m1/s1. The smallest absolute Gasteiger partial charge is 0.258 e. The SMILES string of the molecule is O=c1c2ccccc2ccn1[C@@H]1CN2CCC1CC2. The minimum Gasteiger partial charge on any atom is -0.310 e. The Balaban J connectivity index is 1.83. The first kappa shape index (κ1) is 11.2. The summed E-state index contributed by atoms with van der Waals surface area (Å²) in [6.45, 7) is 3.47. The Labute approximate surface area is 112 Å². The third-order valence-electron chi connectivity index (χ3n) is 4.82. The highest BCUT2D eigenvalue weighted by atomic mass is 16.1. The van der Waals surface area contributed by atoms with Crippen molar-refractivity contribution in [2.24, 2.45) is 5.92 Å². The van der Waals surface area contributed by atoms with Gasteiger partial charge in [-0.2, -0.15) is 0 Å². The first-order valence-corrected chi connectivity index (χ1v) is 7.15. The number of pyridine rings is 1. The van der Waals surface area contributed by atoms with Gasteiger partial charge in [0, 0.05) is 18.1 Å². The highest BCUT2D eigenvalue weighted by Crippen LogP contribution is 2.34. The van der Waals surface area contributed by atoms with Crippen LogP contribution < -0.4 is 5.56 Å². The van der Waals surface area contributed by atoms with E-state index in [-0.39, 0.29) is 5.56 Å². The lowest BCUT2D eigenvalue weighted by Crippen LogP contribution is -2.49. The van der Waals surface area contributed by atoms with Crippen molar-refractivity contribution >= 4 is 10.8 Å². The van der Waals surface area contributed by atoms with E-state index in [1.165, 1.54) is 25.9 Å². The average Bonchev–Trinajstić information content (AvgIpc) is 2.49. The summed E-state index contributed by atoms with van der Waals surface area (Å²) in [4.78, 5) is 15.1. The van der Waals surface area contributed by atoms with Crippen LogP contribution in [0.5, 0.6) is 0 Å². The number of hydrogen-bond donors (Lipinski definition) is 0. The van der Waals surface area contributed by atoms with Crippen molar-refractivity contribution in [1.82, 2.24) is 9.47 Å². The van der Waals surface area contributed by atoms with Gasteiger partial charge in [0.05, 0.1) is 6.04 Å². The van der Waals surface area contributed by atoms with Gasteiger partial charge in [0.1, 0.15) is 0 Å². The van der Waals surface area contributed by atoms with Crippen LogP contribution in [-0.2, 0) is 0 Å². The third-order valence-corrected chi connectivity index (χ3v) is 4.82. The summed E-state index contributed by atoms with van der Waals surface area (Å²) in [7, 11) is 0. The van der Waals surface area contributed by atoms with Crippen molar-refractivity contribution in [1.29, 1.82) is 0 Å². The molecule has 0 spiro atoms. The molecule has 5 rings (SSSR count). The zero-order valence-electron chi connectivity index (χ0n) is 11.0. The van der Waals surface area contributed by atoms with E-state index in [0.717, 1.165) is 17.3 Å². The Morgan fingerprint density at radius 2 is 1.84 bits per heavy atom. The van der Waals surface area contributed by atoms with Crippen molar-refractivity contribution < 1.29 is 0 Å². The molecule has 98 valence electrons. The Hall–Kier alpha value is -1.61. The summed E-state index contributed by atoms with van der Waals surface area (Å²) in [5.41, 5.74) is 0.178. The highest BCUT2D eigenvalue weighted by molar-refractivity contribution is 5.81. The lowest BCUT2D eigenvalue weighted by Gasteiger charge is -2.45. The molecular weight excluding hydrogens is 236 g/mol. The number of benzene rings is 1. The molecular formula is C16H18N2O. The van der Waals surface area contributed by atoms with Gasteiger partial charge in [-0.1, -0.05) is 18.2 Å². The first-order chi connectivity index (χ1) is 9.33. The molecule has 0 unspecified atom stereocenters. The maximum Gasteiger partial charge on any atom is 0.258 e. The van der Waals surface area contributed by atoms with Gasteiger partial charge in [-0.25, -0.2) is 0 Å². The van der Waals surface area contributed by atoms with E-state index in [4.69, 9.17) is 0 Å². The van der Waals surface area contributed by atoms with E-state index in [0.29, 0.717) is 12.0 Å². The fourth-order valence-corrected chi connectivity index (χ4v) is 3.71. The molecule has 0 amide bonds. The molecule has 0 saturated carbocycles. The molecule has 0 N–H and O–H groups in total. The molecule has 19 heavy (non-hydrogen) atoms. The van der Waals surface area contributed by atoms with Crippen molar-refractivity contribution in [3.8, 4) is 0 Å². The monoisotopic (exact) mass is 254 g/mol. The summed E-state index contributed by atoms with van der Waals surface area (Å²) in [5.74, 6) is 0.684. The fourth-order valence-electron chi connectivity index (χ4n) is 3.71. The molecule has 1 aromatic carbocycles. The van der Waals surface area contributed by atoms with Gasteiger partial charge >= 0.3 is 0 Å².